The number of hydrogen-bond acceptors (Lipinski definition) is 1. The second kappa shape index (κ2) is 15.1. The molecule has 180 valence electrons. The standard InChI is InChI=1S/C32H46O/c1-3-5-7-25-33-26-32-23-21-31(22-24-32)20-19-30-17-15-29(16-18-30)14-13-28-11-9-27(10-12-28)8-6-4-2/h4,15-18,21-24,27-28H,2-3,5-14,19-20,25-26H2,1H3/t27-,28-. The Morgan fingerprint density at radius 1 is 0.727 bits per heavy atom. The monoisotopic (exact) mass is 446 g/mol. The molecule has 2 aromatic carbocycles. The fraction of sp³-hybridized carbons (Fsp3) is 0.562. The van der Waals surface area contributed by atoms with Crippen LogP contribution in [0.25, 0.3) is 0 Å². The Labute approximate surface area is 203 Å². The van der Waals surface area contributed by atoms with Crippen molar-refractivity contribution in [3.8, 4) is 0 Å². The van der Waals surface area contributed by atoms with Gasteiger partial charge in [-0.1, -0.05) is 100 Å². The van der Waals surface area contributed by atoms with E-state index >= 15 is 0 Å². The molecule has 33 heavy (non-hydrogen) atoms. The van der Waals surface area contributed by atoms with Crippen molar-refractivity contribution in [3.63, 3.8) is 0 Å². The van der Waals surface area contributed by atoms with Crippen molar-refractivity contribution in [1.82, 2.24) is 0 Å². The third kappa shape index (κ3) is 9.88. The summed E-state index contributed by atoms with van der Waals surface area (Å²) in [5.74, 6) is 1.90. The summed E-state index contributed by atoms with van der Waals surface area (Å²) in [6, 6.07) is 18.4. The van der Waals surface area contributed by atoms with Crippen LogP contribution in [0.1, 0.15) is 93.4 Å². The summed E-state index contributed by atoms with van der Waals surface area (Å²) in [6.45, 7) is 7.71. The van der Waals surface area contributed by atoms with Crippen LogP contribution in [0.3, 0.4) is 0 Å². The van der Waals surface area contributed by atoms with Crippen LogP contribution in [-0.2, 0) is 30.6 Å². The SMILES string of the molecule is C=CCC[C@H]1CC[C@H](CCc2ccc(CCc3ccc(COCCCCC)cc3)cc2)CC1. The maximum Gasteiger partial charge on any atom is 0.0716 e. The third-order valence-electron chi connectivity index (χ3n) is 7.50. The van der Waals surface area contributed by atoms with E-state index in [2.05, 4.69) is 68.1 Å². The fourth-order valence-corrected chi connectivity index (χ4v) is 5.14. The highest BCUT2D eigenvalue weighted by Gasteiger charge is 2.20. The zero-order valence-corrected chi connectivity index (χ0v) is 21.1. The Kier molecular flexibility index (Phi) is 11.8. The first-order chi connectivity index (χ1) is 16.3. The molecule has 0 atom stereocenters. The largest absolute Gasteiger partial charge is 0.377 e. The highest BCUT2D eigenvalue weighted by atomic mass is 16.5. The van der Waals surface area contributed by atoms with Gasteiger partial charge in [0, 0.05) is 6.61 Å². The van der Waals surface area contributed by atoms with Crippen LogP contribution < -0.4 is 0 Å². The van der Waals surface area contributed by atoms with E-state index in [-0.39, 0.29) is 0 Å². The predicted octanol–water partition coefficient (Wildman–Crippen LogP) is 8.88. The van der Waals surface area contributed by atoms with Gasteiger partial charge in [0.25, 0.3) is 0 Å². The minimum atomic E-state index is 0.738. The number of hydrogen-bond donors (Lipinski definition) is 0. The van der Waals surface area contributed by atoms with Gasteiger partial charge in [-0.15, -0.1) is 6.58 Å². The minimum Gasteiger partial charge on any atom is -0.377 e. The normalized spacial score (nSPS) is 18.3. The van der Waals surface area contributed by atoms with E-state index in [1.165, 1.54) is 92.9 Å². The van der Waals surface area contributed by atoms with Gasteiger partial charge in [0.1, 0.15) is 0 Å². The lowest BCUT2D eigenvalue weighted by Crippen LogP contribution is -2.15. The van der Waals surface area contributed by atoms with Gasteiger partial charge in [0.15, 0.2) is 0 Å². The molecule has 1 fully saturated rings. The summed E-state index contributed by atoms with van der Waals surface area (Å²) < 4.78 is 5.78. The van der Waals surface area contributed by atoms with E-state index in [0.717, 1.165) is 37.9 Å². The molecule has 0 N–H and O–H groups in total. The first-order valence-corrected chi connectivity index (χ1v) is 13.6. The van der Waals surface area contributed by atoms with Crippen LogP contribution in [0.4, 0.5) is 0 Å². The van der Waals surface area contributed by atoms with Crippen LogP contribution in [0, 0.1) is 11.8 Å². The topological polar surface area (TPSA) is 9.23 Å². The van der Waals surface area contributed by atoms with Crippen LogP contribution in [0.5, 0.6) is 0 Å². The molecule has 1 nitrogen and oxygen atoms in total. The molecule has 1 aliphatic carbocycles. The molecular weight excluding hydrogens is 400 g/mol. The van der Waals surface area contributed by atoms with Crippen molar-refractivity contribution in [1.29, 1.82) is 0 Å². The number of rotatable bonds is 15. The second-order valence-electron chi connectivity index (χ2n) is 10.2. The number of unbranched alkanes of at least 4 members (excludes halogenated alkanes) is 2. The Bertz CT molecular complexity index is 765. The molecule has 0 unspecified atom stereocenters. The van der Waals surface area contributed by atoms with E-state index in [0.29, 0.717) is 0 Å². The van der Waals surface area contributed by atoms with Gasteiger partial charge in [-0.3, -0.25) is 0 Å². The lowest BCUT2D eigenvalue weighted by molar-refractivity contribution is 0.117. The maximum atomic E-state index is 5.78. The van der Waals surface area contributed by atoms with Crippen molar-refractivity contribution in [3.05, 3.63) is 83.4 Å². The molecule has 1 saturated carbocycles. The highest BCUT2D eigenvalue weighted by Crippen LogP contribution is 2.34. The average Bonchev–Trinajstić information content (AvgIpc) is 2.87. The molecule has 0 radical (unpaired) electrons. The molecule has 1 aliphatic rings. The Morgan fingerprint density at radius 3 is 1.79 bits per heavy atom. The van der Waals surface area contributed by atoms with E-state index in [1.807, 2.05) is 0 Å². The number of ether oxygens (including phenoxy) is 1. The van der Waals surface area contributed by atoms with Crippen molar-refractivity contribution < 1.29 is 4.74 Å². The first kappa shape index (κ1) is 25.8. The molecule has 0 spiro atoms. The van der Waals surface area contributed by atoms with Gasteiger partial charge >= 0.3 is 0 Å². The van der Waals surface area contributed by atoms with Crippen molar-refractivity contribution in [2.75, 3.05) is 6.61 Å². The first-order valence-electron chi connectivity index (χ1n) is 13.6. The number of allylic oxidation sites excluding steroid dienone is 1. The minimum absolute atomic E-state index is 0.738. The highest BCUT2D eigenvalue weighted by molar-refractivity contribution is 5.26. The third-order valence-corrected chi connectivity index (χ3v) is 7.50. The molecule has 0 aromatic heterocycles. The number of aryl methyl sites for hydroxylation is 3. The van der Waals surface area contributed by atoms with Gasteiger partial charge < -0.3 is 4.74 Å². The summed E-state index contributed by atoms with van der Waals surface area (Å²) in [4.78, 5) is 0. The maximum absolute atomic E-state index is 5.78. The van der Waals surface area contributed by atoms with E-state index in [4.69, 9.17) is 4.74 Å². The summed E-state index contributed by atoms with van der Waals surface area (Å²) in [6.07, 6.45) is 18.9. The summed E-state index contributed by atoms with van der Waals surface area (Å²) in [5, 5.41) is 0. The average molecular weight is 447 g/mol. The van der Waals surface area contributed by atoms with Gasteiger partial charge in [-0.2, -0.15) is 0 Å². The summed E-state index contributed by atoms with van der Waals surface area (Å²) >= 11 is 0. The Balaban J connectivity index is 1.32. The van der Waals surface area contributed by atoms with Crippen LogP contribution in [0.2, 0.25) is 0 Å². The summed E-state index contributed by atoms with van der Waals surface area (Å²) in [7, 11) is 0. The second-order valence-corrected chi connectivity index (χ2v) is 10.2. The van der Waals surface area contributed by atoms with E-state index in [9.17, 15) is 0 Å². The van der Waals surface area contributed by atoms with Gasteiger partial charge in [-0.05, 0) is 79.0 Å². The predicted molar refractivity (Wildman–Crippen MR) is 143 cm³/mol. The van der Waals surface area contributed by atoms with Crippen molar-refractivity contribution in [2.24, 2.45) is 11.8 Å². The molecule has 3 rings (SSSR count). The van der Waals surface area contributed by atoms with E-state index in [1.54, 1.807) is 0 Å². The van der Waals surface area contributed by atoms with Crippen LogP contribution in [0.15, 0.2) is 61.2 Å². The quantitative estimate of drug-likeness (QED) is 0.196. The molecule has 0 heterocycles. The lowest BCUT2D eigenvalue weighted by Gasteiger charge is -2.28. The molecule has 0 saturated heterocycles. The molecule has 0 aliphatic heterocycles. The summed E-state index contributed by atoms with van der Waals surface area (Å²) in [5.41, 5.74) is 5.66. The van der Waals surface area contributed by atoms with Crippen molar-refractivity contribution >= 4 is 0 Å². The molecular formula is C32H46O. The fourth-order valence-electron chi connectivity index (χ4n) is 5.14. The Hall–Kier alpha value is -1.86. The smallest absolute Gasteiger partial charge is 0.0716 e. The van der Waals surface area contributed by atoms with Crippen molar-refractivity contribution in [2.45, 2.75) is 97.0 Å². The molecule has 0 amide bonds. The molecule has 1 heteroatoms. The van der Waals surface area contributed by atoms with Gasteiger partial charge in [-0.25, -0.2) is 0 Å². The van der Waals surface area contributed by atoms with Crippen LogP contribution in [-0.4, -0.2) is 6.61 Å². The molecule has 0 bridgehead atoms. The molecule has 2 aromatic rings. The van der Waals surface area contributed by atoms with Gasteiger partial charge in [0.05, 0.1) is 6.61 Å². The number of benzene rings is 2. The Morgan fingerprint density at radius 2 is 1.24 bits per heavy atom. The van der Waals surface area contributed by atoms with E-state index < -0.39 is 0 Å². The van der Waals surface area contributed by atoms with Gasteiger partial charge in [0.2, 0.25) is 0 Å². The zero-order valence-electron chi connectivity index (χ0n) is 21.1. The van der Waals surface area contributed by atoms with Crippen LogP contribution >= 0.6 is 0 Å². The lowest BCUT2D eigenvalue weighted by atomic mass is 9.78. The zero-order chi connectivity index (χ0) is 23.1.